The van der Waals surface area contributed by atoms with E-state index < -0.39 is 23.1 Å². The number of esters is 1. The number of hydrogen-bond donors (Lipinski definition) is 2. The van der Waals surface area contributed by atoms with Gasteiger partial charge in [-0.15, -0.1) is 0 Å². The summed E-state index contributed by atoms with van der Waals surface area (Å²) in [4.78, 5) is 13.1. The van der Waals surface area contributed by atoms with Crippen LogP contribution >= 0.6 is 11.6 Å². The van der Waals surface area contributed by atoms with E-state index in [0.717, 1.165) is 19.3 Å². The SMILES string of the molecule is CCCCCCCCCOC(=O)C1CC2(O)c3ccccc3C1(O)c1ccc(Cl)cc12. The van der Waals surface area contributed by atoms with Crippen LogP contribution in [-0.2, 0) is 20.7 Å². The smallest absolute Gasteiger partial charge is 0.312 e. The van der Waals surface area contributed by atoms with Crippen LogP contribution in [-0.4, -0.2) is 22.8 Å². The third-order valence-electron chi connectivity index (χ3n) is 6.90. The number of hydrogen-bond acceptors (Lipinski definition) is 4. The Morgan fingerprint density at radius 1 is 0.968 bits per heavy atom. The fourth-order valence-corrected chi connectivity index (χ4v) is 5.45. The molecule has 2 aromatic carbocycles. The van der Waals surface area contributed by atoms with Gasteiger partial charge >= 0.3 is 5.97 Å². The Bertz CT molecular complexity index is 958. The summed E-state index contributed by atoms with van der Waals surface area (Å²) in [6.45, 7) is 2.54. The second kappa shape index (κ2) is 8.93. The number of halogens is 1. The molecule has 3 atom stereocenters. The van der Waals surface area contributed by atoms with Gasteiger partial charge in [-0.25, -0.2) is 0 Å². The highest BCUT2D eigenvalue weighted by atomic mass is 35.5. The van der Waals surface area contributed by atoms with E-state index in [1.54, 1.807) is 24.3 Å². The van der Waals surface area contributed by atoms with Crippen LogP contribution in [0.2, 0.25) is 5.02 Å². The molecule has 3 aliphatic rings. The molecule has 31 heavy (non-hydrogen) atoms. The Morgan fingerprint density at radius 3 is 2.35 bits per heavy atom. The van der Waals surface area contributed by atoms with Gasteiger partial charge in [0, 0.05) is 11.4 Å². The third-order valence-corrected chi connectivity index (χ3v) is 7.14. The first-order chi connectivity index (χ1) is 14.9. The lowest BCUT2D eigenvalue weighted by Crippen LogP contribution is -2.57. The Hall–Kier alpha value is -1.88. The van der Waals surface area contributed by atoms with Crippen molar-refractivity contribution >= 4 is 17.6 Å². The Labute approximate surface area is 189 Å². The van der Waals surface area contributed by atoms with Crippen LogP contribution in [0.4, 0.5) is 0 Å². The molecule has 3 aliphatic carbocycles. The average Bonchev–Trinajstić information content (AvgIpc) is 2.77. The van der Waals surface area contributed by atoms with E-state index in [-0.39, 0.29) is 6.42 Å². The van der Waals surface area contributed by atoms with E-state index in [2.05, 4.69) is 6.92 Å². The molecule has 166 valence electrons. The maximum atomic E-state index is 13.1. The van der Waals surface area contributed by atoms with Crippen molar-refractivity contribution in [1.82, 2.24) is 0 Å². The van der Waals surface area contributed by atoms with Crippen LogP contribution in [0.25, 0.3) is 0 Å². The topological polar surface area (TPSA) is 66.8 Å². The van der Waals surface area contributed by atoms with Gasteiger partial charge in [-0.2, -0.15) is 0 Å². The zero-order valence-electron chi connectivity index (χ0n) is 18.1. The Balaban J connectivity index is 1.52. The first-order valence-corrected chi connectivity index (χ1v) is 11.8. The largest absolute Gasteiger partial charge is 0.465 e. The van der Waals surface area contributed by atoms with Gasteiger partial charge in [0.2, 0.25) is 0 Å². The number of fused-ring (bicyclic) bond motifs is 1. The van der Waals surface area contributed by atoms with Crippen molar-refractivity contribution in [2.75, 3.05) is 6.61 Å². The predicted molar refractivity (Wildman–Crippen MR) is 121 cm³/mol. The van der Waals surface area contributed by atoms with E-state index in [0.29, 0.717) is 33.9 Å². The van der Waals surface area contributed by atoms with Crippen molar-refractivity contribution in [3.05, 3.63) is 69.7 Å². The monoisotopic (exact) mass is 442 g/mol. The van der Waals surface area contributed by atoms with Gasteiger partial charge in [0.05, 0.1) is 12.5 Å². The molecule has 0 heterocycles. The molecular weight excluding hydrogens is 412 g/mol. The van der Waals surface area contributed by atoms with Gasteiger partial charge in [-0.3, -0.25) is 4.79 Å². The zero-order chi connectivity index (χ0) is 22.1. The molecule has 2 aromatic rings. The molecule has 0 saturated carbocycles. The van der Waals surface area contributed by atoms with E-state index in [9.17, 15) is 15.0 Å². The number of ether oxygens (including phenoxy) is 1. The number of rotatable bonds is 9. The van der Waals surface area contributed by atoms with Crippen molar-refractivity contribution in [3.63, 3.8) is 0 Å². The lowest BCUT2D eigenvalue weighted by molar-refractivity contribution is -0.167. The summed E-state index contributed by atoms with van der Waals surface area (Å²) >= 11 is 6.20. The summed E-state index contributed by atoms with van der Waals surface area (Å²) in [6.07, 6.45) is 8.03. The first kappa shape index (κ1) is 22.3. The molecule has 5 heteroatoms. The number of unbranched alkanes of at least 4 members (excludes halogenated alkanes) is 6. The molecule has 0 fully saturated rings. The summed E-state index contributed by atoms with van der Waals surface area (Å²) in [5, 5.41) is 24.1. The number of aliphatic hydroxyl groups is 2. The minimum Gasteiger partial charge on any atom is -0.465 e. The van der Waals surface area contributed by atoms with E-state index >= 15 is 0 Å². The van der Waals surface area contributed by atoms with Gasteiger partial charge < -0.3 is 14.9 Å². The second-order valence-corrected chi connectivity index (χ2v) is 9.34. The van der Waals surface area contributed by atoms with Crippen LogP contribution in [0.1, 0.15) is 80.5 Å². The molecule has 0 aliphatic heterocycles. The van der Waals surface area contributed by atoms with E-state index in [4.69, 9.17) is 16.3 Å². The number of carbonyl (C=O) groups excluding carboxylic acids is 1. The van der Waals surface area contributed by atoms with Gasteiger partial charge in [0.25, 0.3) is 0 Å². The first-order valence-electron chi connectivity index (χ1n) is 11.4. The molecule has 3 unspecified atom stereocenters. The summed E-state index contributed by atoms with van der Waals surface area (Å²) in [6, 6.07) is 12.3. The molecule has 0 radical (unpaired) electrons. The van der Waals surface area contributed by atoms with Gasteiger partial charge in [0.1, 0.15) is 11.2 Å². The summed E-state index contributed by atoms with van der Waals surface area (Å²) in [5.41, 5.74) is -0.637. The second-order valence-electron chi connectivity index (χ2n) is 8.91. The highest BCUT2D eigenvalue weighted by molar-refractivity contribution is 6.30. The van der Waals surface area contributed by atoms with Crippen molar-refractivity contribution in [3.8, 4) is 0 Å². The van der Waals surface area contributed by atoms with E-state index in [1.165, 1.54) is 25.7 Å². The van der Waals surface area contributed by atoms with Crippen molar-refractivity contribution < 1.29 is 19.7 Å². The molecule has 2 bridgehead atoms. The minimum atomic E-state index is -1.54. The van der Waals surface area contributed by atoms with Crippen LogP contribution < -0.4 is 0 Å². The number of carbonyl (C=O) groups is 1. The van der Waals surface area contributed by atoms with Crippen LogP contribution in [0, 0.1) is 5.92 Å². The van der Waals surface area contributed by atoms with Crippen molar-refractivity contribution in [1.29, 1.82) is 0 Å². The van der Waals surface area contributed by atoms with Gasteiger partial charge in [0.15, 0.2) is 0 Å². The number of benzene rings is 2. The molecular formula is C26H31ClO4. The van der Waals surface area contributed by atoms with Gasteiger partial charge in [-0.1, -0.05) is 87.4 Å². The zero-order valence-corrected chi connectivity index (χ0v) is 18.8. The third kappa shape index (κ3) is 3.79. The van der Waals surface area contributed by atoms with Crippen LogP contribution in [0.15, 0.2) is 42.5 Å². The molecule has 0 saturated heterocycles. The maximum absolute atomic E-state index is 13.1. The quantitative estimate of drug-likeness (QED) is 0.401. The predicted octanol–water partition coefficient (Wildman–Crippen LogP) is 5.44. The molecule has 2 N–H and O–H groups in total. The molecule has 0 spiro atoms. The molecule has 0 aromatic heterocycles. The normalized spacial score (nSPS) is 25.7. The summed E-state index contributed by atoms with van der Waals surface area (Å²) < 4.78 is 5.59. The highest BCUT2D eigenvalue weighted by Gasteiger charge is 2.62. The van der Waals surface area contributed by atoms with E-state index in [1.807, 2.05) is 18.2 Å². The summed E-state index contributed by atoms with van der Waals surface area (Å²) in [5.74, 6) is -1.33. The highest BCUT2D eigenvalue weighted by Crippen LogP contribution is 2.60. The van der Waals surface area contributed by atoms with Crippen molar-refractivity contribution in [2.24, 2.45) is 5.92 Å². The minimum absolute atomic E-state index is 0.0731. The molecule has 5 rings (SSSR count). The van der Waals surface area contributed by atoms with Crippen LogP contribution in [0.5, 0.6) is 0 Å². The Kier molecular flexibility index (Phi) is 6.43. The lowest BCUT2D eigenvalue weighted by Gasteiger charge is -2.53. The maximum Gasteiger partial charge on any atom is 0.312 e. The standard InChI is InChI=1S/C26H31ClO4/c1-2-3-4-5-6-7-10-15-31-24(28)23-17-25(29)19-11-8-9-12-20(19)26(23,30)21-14-13-18(27)16-22(21)25/h8-9,11-14,16,23,29-30H,2-7,10,15,17H2,1H3. The van der Waals surface area contributed by atoms with Gasteiger partial charge in [-0.05, 0) is 40.8 Å². The Morgan fingerprint density at radius 2 is 1.61 bits per heavy atom. The molecule has 4 nitrogen and oxygen atoms in total. The van der Waals surface area contributed by atoms with Crippen LogP contribution in [0.3, 0.4) is 0 Å². The van der Waals surface area contributed by atoms with Crippen molar-refractivity contribution in [2.45, 2.75) is 69.5 Å². The fraction of sp³-hybridized carbons (Fsp3) is 0.500. The fourth-order valence-electron chi connectivity index (χ4n) is 5.28. The summed E-state index contributed by atoms with van der Waals surface area (Å²) in [7, 11) is 0. The molecule has 0 amide bonds. The average molecular weight is 443 g/mol. The lowest BCUT2D eigenvalue weighted by atomic mass is 9.54.